The summed E-state index contributed by atoms with van der Waals surface area (Å²) in [5.41, 5.74) is 0.415. The Morgan fingerprint density at radius 3 is 2.67 bits per heavy atom. The molecule has 6 nitrogen and oxygen atoms in total. The van der Waals surface area contributed by atoms with Crippen LogP contribution in [0.2, 0.25) is 0 Å². The van der Waals surface area contributed by atoms with E-state index in [1.807, 2.05) is 14.1 Å². The van der Waals surface area contributed by atoms with Crippen molar-refractivity contribution in [3.8, 4) is 0 Å². The van der Waals surface area contributed by atoms with E-state index in [1.165, 1.54) is 0 Å². The number of aryl methyl sites for hydroxylation is 1. The Labute approximate surface area is 127 Å². The number of carbonyl (C=O) groups is 1. The number of carbonyl (C=O) groups excluding carboxylic acids is 1. The van der Waals surface area contributed by atoms with Crippen LogP contribution in [-0.4, -0.2) is 54.5 Å². The van der Waals surface area contributed by atoms with Crippen LogP contribution in [-0.2, 0) is 0 Å². The molecular weight excluding hydrogens is 266 g/mol. The normalized spacial score (nSPS) is 11.0. The number of nitrogens with zero attached hydrogens (tertiary/aromatic N) is 3. The summed E-state index contributed by atoms with van der Waals surface area (Å²) in [4.78, 5) is 22.7. The number of hydrogen-bond donors (Lipinski definition) is 2. The van der Waals surface area contributed by atoms with Gasteiger partial charge in [-0.3, -0.25) is 4.79 Å². The monoisotopic (exact) mass is 293 g/mol. The Balaban J connectivity index is 2.60. The zero-order valence-corrected chi connectivity index (χ0v) is 13.7. The van der Waals surface area contributed by atoms with E-state index in [-0.39, 0.29) is 5.91 Å². The van der Waals surface area contributed by atoms with Crippen molar-refractivity contribution in [3.05, 3.63) is 17.6 Å². The van der Waals surface area contributed by atoms with Crippen LogP contribution in [0, 0.1) is 12.8 Å². The predicted molar refractivity (Wildman–Crippen MR) is 85.6 cm³/mol. The van der Waals surface area contributed by atoms with Crippen LogP contribution in [0.1, 0.15) is 36.6 Å². The van der Waals surface area contributed by atoms with E-state index in [9.17, 15) is 4.79 Å². The summed E-state index contributed by atoms with van der Waals surface area (Å²) in [5.74, 6) is 1.57. The van der Waals surface area contributed by atoms with Gasteiger partial charge in [0.25, 0.3) is 5.91 Å². The van der Waals surface area contributed by atoms with Crippen LogP contribution in [0.5, 0.6) is 0 Å². The maximum Gasteiger partial charge on any atom is 0.270 e. The molecule has 6 heteroatoms. The Morgan fingerprint density at radius 1 is 1.33 bits per heavy atom. The van der Waals surface area contributed by atoms with Crippen molar-refractivity contribution in [2.75, 3.05) is 39.0 Å². The molecule has 0 aliphatic rings. The SMILES string of the molecule is Cc1nc(NCCCN(C)C)cc(C(=O)NCC(C)C)n1. The van der Waals surface area contributed by atoms with E-state index >= 15 is 0 Å². The molecule has 0 aromatic carbocycles. The zero-order chi connectivity index (χ0) is 15.8. The molecule has 0 spiro atoms. The van der Waals surface area contributed by atoms with Crippen molar-refractivity contribution < 1.29 is 4.79 Å². The topological polar surface area (TPSA) is 70.2 Å². The molecule has 0 unspecified atom stereocenters. The summed E-state index contributed by atoms with van der Waals surface area (Å²) in [6.07, 6.45) is 1.02. The smallest absolute Gasteiger partial charge is 0.270 e. The third-order valence-corrected chi connectivity index (χ3v) is 2.83. The average Bonchev–Trinajstić information content (AvgIpc) is 2.40. The highest BCUT2D eigenvalue weighted by Gasteiger charge is 2.10. The standard InChI is InChI=1S/C15H27N5O/c1-11(2)10-17-15(21)13-9-14(19-12(3)18-13)16-7-6-8-20(4)5/h9,11H,6-8,10H2,1-5H3,(H,17,21)(H,16,18,19). The lowest BCUT2D eigenvalue weighted by Crippen LogP contribution is -2.28. The van der Waals surface area contributed by atoms with Gasteiger partial charge in [0.05, 0.1) is 0 Å². The average molecular weight is 293 g/mol. The minimum absolute atomic E-state index is 0.148. The lowest BCUT2D eigenvalue weighted by atomic mass is 10.2. The van der Waals surface area contributed by atoms with Gasteiger partial charge in [0.2, 0.25) is 0 Å². The van der Waals surface area contributed by atoms with Gasteiger partial charge >= 0.3 is 0 Å². The summed E-state index contributed by atoms with van der Waals surface area (Å²) >= 11 is 0. The highest BCUT2D eigenvalue weighted by molar-refractivity contribution is 5.92. The molecule has 0 radical (unpaired) electrons. The van der Waals surface area contributed by atoms with Crippen molar-refractivity contribution in [1.29, 1.82) is 0 Å². The lowest BCUT2D eigenvalue weighted by molar-refractivity contribution is 0.0943. The summed E-state index contributed by atoms with van der Waals surface area (Å²) in [7, 11) is 4.10. The summed E-state index contributed by atoms with van der Waals surface area (Å²) < 4.78 is 0. The van der Waals surface area contributed by atoms with Crippen LogP contribution < -0.4 is 10.6 Å². The minimum atomic E-state index is -0.148. The molecule has 0 aliphatic carbocycles. The van der Waals surface area contributed by atoms with Crippen molar-refractivity contribution >= 4 is 11.7 Å². The van der Waals surface area contributed by atoms with Gasteiger partial charge in [0.1, 0.15) is 17.3 Å². The van der Waals surface area contributed by atoms with Crippen LogP contribution in [0.15, 0.2) is 6.07 Å². The Bertz CT molecular complexity index is 459. The van der Waals surface area contributed by atoms with E-state index in [1.54, 1.807) is 13.0 Å². The lowest BCUT2D eigenvalue weighted by Gasteiger charge is -2.12. The van der Waals surface area contributed by atoms with Crippen LogP contribution in [0.4, 0.5) is 5.82 Å². The van der Waals surface area contributed by atoms with Gasteiger partial charge in [0, 0.05) is 19.2 Å². The number of hydrogen-bond acceptors (Lipinski definition) is 5. The first-order valence-electron chi connectivity index (χ1n) is 7.41. The quantitative estimate of drug-likeness (QED) is 0.711. The fraction of sp³-hybridized carbons (Fsp3) is 0.667. The summed E-state index contributed by atoms with van der Waals surface area (Å²) in [6.45, 7) is 8.39. The molecule has 118 valence electrons. The second-order valence-corrected chi connectivity index (χ2v) is 5.87. The number of amides is 1. The van der Waals surface area contributed by atoms with Crippen molar-refractivity contribution in [1.82, 2.24) is 20.2 Å². The molecule has 21 heavy (non-hydrogen) atoms. The highest BCUT2D eigenvalue weighted by Crippen LogP contribution is 2.07. The maximum atomic E-state index is 12.0. The van der Waals surface area contributed by atoms with Gasteiger partial charge in [-0.05, 0) is 39.9 Å². The molecule has 1 heterocycles. The fourth-order valence-electron chi connectivity index (χ4n) is 1.77. The predicted octanol–water partition coefficient (Wildman–Crippen LogP) is 1.53. The van der Waals surface area contributed by atoms with Crippen molar-refractivity contribution in [3.63, 3.8) is 0 Å². The van der Waals surface area contributed by atoms with Gasteiger partial charge in [-0.1, -0.05) is 13.8 Å². The Hall–Kier alpha value is -1.69. The van der Waals surface area contributed by atoms with Crippen molar-refractivity contribution in [2.45, 2.75) is 27.2 Å². The first-order chi connectivity index (χ1) is 9.88. The molecule has 0 saturated carbocycles. The molecule has 0 fully saturated rings. The van der Waals surface area contributed by atoms with E-state index < -0.39 is 0 Å². The van der Waals surface area contributed by atoms with Crippen LogP contribution in [0.25, 0.3) is 0 Å². The van der Waals surface area contributed by atoms with Gasteiger partial charge in [-0.25, -0.2) is 9.97 Å². The second-order valence-electron chi connectivity index (χ2n) is 5.87. The van der Waals surface area contributed by atoms with E-state index in [0.29, 0.717) is 29.8 Å². The van der Waals surface area contributed by atoms with Crippen LogP contribution in [0.3, 0.4) is 0 Å². The second kappa shape index (κ2) is 8.56. The molecule has 1 amide bonds. The van der Waals surface area contributed by atoms with Crippen LogP contribution >= 0.6 is 0 Å². The van der Waals surface area contributed by atoms with E-state index in [2.05, 4.69) is 39.3 Å². The molecule has 2 N–H and O–H groups in total. The number of nitrogens with one attached hydrogen (secondary N) is 2. The molecular formula is C15H27N5O. The van der Waals surface area contributed by atoms with Gasteiger partial charge < -0.3 is 15.5 Å². The fourth-order valence-corrected chi connectivity index (χ4v) is 1.77. The molecule has 0 aliphatic heterocycles. The highest BCUT2D eigenvalue weighted by atomic mass is 16.1. The van der Waals surface area contributed by atoms with Gasteiger partial charge in [-0.15, -0.1) is 0 Å². The third-order valence-electron chi connectivity index (χ3n) is 2.83. The first kappa shape index (κ1) is 17.4. The summed E-state index contributed by atoms with van der Waals surface area (Å²) in [6, 6.07) is 1.71. The Morgan fingerprint density at radius 2 is 2.05 bits per heavy atom. The first-order valence-corrected chi connectivity index (χ1v) is 7.41. The largest absolute Gasteiger partial charge is 0.370 e. The molecule has 1 rings (SSSR count). The molecule has 0 bridgehead atoms. The van der Waals surface area contributed by atoms with E-state index in [0.717, 1.165) is 19.5 Å². The van der Waals surface area contributed by atoms with Gasteiger partial charge in [0.15, 0.2) is 0 Å². The maximum absolute atomic E-state index is 12.0. The van der Waals surface area contributed by atoms with Crippen molar-refractivity contribution in [2.24, 2.45) is 5.92 Å². The molecule has 0 saturated heterocycles. The molecule has 1 aromatic rings. The number of aromatic nitrogens is 2. The summed E-state index contributed by atoms with van der Waals surface area (Å²) in [5, 5.41) is 6.11. The third kappa shape index (κ3) is 7.04. The zero-order valence-electron chi connectivity index (χ0n) is 13.7. The number of anilines is 1. The Kier molecular flexibility index (Phi) is 7.08. The molecule has 0 atom stereocenters. The van der Waals surface area contributed by atoms with Gasteiger partial charge in [-0.2, -0.15) is 0 Å². The minimum Gasteiger partial charge on any atom is -0.370 e. The molecule has 1 aromatic heterocycles. The number of rotatable bonds is 8. The van der Waals surface area contributed by atoms with E-state index in [4.69, 9.17) is 0 Å².